The minimum atomic E-state index is -0.132. The predicted octanol–water partition coefficient (Wildman–Crippen LogP) is 1.42. The zero-order valence-electron chi connectivity index (χ0n) is 4.34. The van der Waals surface area contributed by atoms with E-state index in [0.717, 1.165) is 0 Å². The maximum atomic E-state index is 4.18. The van der Waals surface area contributed by atoms with Crippen molar-refractivity contribution in [3.8, 4) is 0 Å². The maximum Gasteiger partial charge on any atom is 0.0182 e. The summed E-state index contributed by atoms with van der Waals surface area (Å²) in [7, 11) is 3.92. The van der Waals surface area contributed by atoms with Gasteiger partial charge in [0.1, 0.15) is 0 Å². The highest BCUT2D eigenvalue weighted by Crippen LogP contribution is 2.36. The van der Waals surface area contributed by atoms with Gasteiger partial charge in [-0.3, -0.25) is 4.67 Å². The van der Waals surface area contributed by atoms with Gasteiger partial charge in [0, 0.05) is 7.27 Å². The number of hydrogen-bond donors (Lipinski definition) is 1. The van der Waals surface area contributed by atoms with E-state index in [2.05, 4.69) is 23.6 Å². The van der Waals surface area contributed by atoms with Crippen LogP contribution in [0.15, 0.2) is 0 Å². The number of rotatable bonds is 1. The molecule has 0 fully saturated rings. The van der Waals surface area contributed by atoms with Crippen LogP contribution in [0.25, 0.3) is 0 Å². The lowest BCUT2D eigenvalue weighted by atomic mass is 11.3. The molecule has 0 aromatic heterocycles. The predicted molar refractivity (Wildman–Crippen MR) is 35.5 cm³/mol. The minimum Gasteiger partial charge on any atom is -0.280 e. The van der Waals surface area contributed by atoms with Crippen molar-refractivity contribution in [1.29, 1.82) is 0 Å². The fraction of sp³-hybridized carbons (Fsp3) is 1.00. The molecule has 1 atom stereocenters. The standard InChI is InChI=1S/C3H10NPS/c1-4(2)5(3)6/h6H,1-3H3. The molecule has 0 aromatic rings. The van der Waals surface area contributed by atoms with Gasteiger partial charge in [-0.05, 0) is 20.8 Å². The third-order valence-corrected chi connectivity index (χ3v) is 2.81. The Morgan fingerprint density at radius 3 is 1.67 bits per heavy atom. The van der Waals surface area contributed by atoms with Gasteiger partial charge in [-0.25, -0.2) is 0 Å². The fourth-order valence-corrected chi connectivity index (χ4v) is 0. The van der Waals surface area contributed by atoms with Gasteiger partial charge in [0.2, 0.25) is 0 Å². The van der Waals surface area contributed by atoms with Gasteiger partial charge in [-0.1, -0.05) is 0 Å². The van der Waals surface area contributed by atoms with Crippen LogP contribution in [0, 0.1) is 0 Å². The van der Waals surface area contributed by atoms with E-state index >= 15 is 0 Å². The number of thiol groups is 1. The molecule has 0 bridgehead atoms. The molecular formula is C3H10NPS. The van der Waals surface area contributed by atoms with E-state index in [0.29, 0.717) is 0 Å². The second-order valence-corrected chi connectivity index (χ2v) is 4.85. The first-order valence-corrected chi connectivity index (χ1v) is 4.64. The Morgan fingerprint density at radius 1 is 1.50 bits per heavy atom. The fourth-order valence-electron chi connectivity index (χ4n) is 0. The van der Waals surface area contributed by atoms with Gasteiger partial charge >= 0.3 is 0 Å². The molecule has 0 aliphatic carbocycles. The summed E-state index contributed by atoms with van der Waals surface area (Å²) in [6.45, 7) is 2.10. The van der Waals surface area contributed by atoms with E-state index in [4.69, 9.17) is 0 Å². The molecule has 1 unspecified atom stereocenters. The Hall–Kier alpha value is 0.740. The third kappa shape index (κ3) is 2.95. The van der Waals surface area contributed by atoms with Crippen molar-refractivity contribution in [2.24, 2.45) is 0 Å². The van der Waals surface area contributed by atoms with E-state index in [9.17, 15) is 0 Å². The zero-order valence-corrected chi connectivity index (χ0v) is 6.13. The van der Waals surface area contributed by atoms with Crippen LogP contribution >= 0.6 is 19.5 Å². The summed E-state index contributed by atoms with van der Waals surface area (Å²) in [5.41, 5.74) is 0. The molecule has 0 saturated heterocycles. The quantitative estimate of drug-likeness (QED) is 0.407. The van der Waals surface area contributed by atoms with Crippen LogP contribution in [-0.4, -0.2) is 25.4 Å². The molecule has 0 aliphatic rings. The Balaban J connectivity index is 2.99. The SMILES string of the molecule is CN(C)P(C)S. The van der Waals surface area contributed by atoms with Crippen LogP contribution < -0.4 is 0 Å². The summed E-state index contributed by atoms with van der Waals surface area (Å²) in [6, 6.07) is 0. The van der Waals surface area contributed by atoms with E-state index in [1.54, 1.807) is 0 Å². The Kier molecular flexibility index (Phi) is 3.19. The zero-order chi connectivity index (χ0) is 5.15. The smallest absolute Gasteiger partial charge is 0.0182 e. The molecule has 0 radical (unpaired) electrons. The summed E-state index contributed by atoms with van der Waals surface area (Å²) >= 11 is 4.18. The van der Waals surface area contributed by atoms with Crippen LogP contribution in [-0.2, 0) is 0 Å². The monoisotopic (exact) mass is 123 g/mol. The van der Waals surface area contributed by atoms with Gasteiger partial charge in [0.05, 0.1) is 0 Å². The van der Waals surface area contributed by atoms with Gasteiger partial charge in [-0.2, -0.15) is 0 Å². The van der Waals surface area contributed by atoms with Gasteiger partial charge < -0.3 is 0 Å². The van der Waals surface area contributed by atoms with E-state index in [1.807, 2.05) is 14.1 Å². The van der Waals surface area contributed by atoms with Gasteiger partial charge in [-0.15, -0.1) is 12.2 Å². The van der Waals surface area contributed by atoms with Crippen LogP contribution in [0.3, 0.4) is 0 Å². The lowest BCUT2D eigenvalue weighted by Crippen LogP contribution is -1.97. The van der Waals surface area contributed by atoms with Crippen molar-refractivity contribution in [1.82, 2.24) is 4.67 Å². The highest BCUT2D eigenvalue weighted by Gasteiger charge is 1.91. The van der Waals surface area contributed by atoms with Crippen LogP contribution in [0.4, 0.5) is 0 Å². The first kappa shape index (κ1) is 6.74. The highest BCUT2D eigenvalue weighted by molar-refractivity contribution is 8.44. The average Bonchev–Trinajstić information content (AvgIpc) is 1.36. The normalized spacial score (nSPS) is 15.5. The molecule has 3 heteroatoms. The summed E-state index contributed by atoms with van der Waals surface area (Å²) in [5.74, 6) is 0. The van der Waals surface area contributed by atoms with E-state index in [-0.39, 0.29) is 7.27 Å². The van der Waals surface area contributed by atoms with Crippen LogP contribution in [0.5, 0.6) is 0 Å². The van der Waals surface area contributed by atoms with E-state index < -0.39 is 0 Å². The summed E-state index contributed by atoms with van der Waals surface area (Å²) in [5, 5.41) is 0. The van der Waals surface area contributed by atoms with Gasteiger partial charge in [0.15, 0.2) is 0 Å². The van der Waals surface area contributed by atoms with Crippen LogP contribution in [0.2, 0.25) is 0 Å². The largest absolute Gasteiger partial charge is 0.280 e. The molecule has 0 spiro atoms. The van der Waals surface area contributed by atoms with Crippen molar-refractivity contribution in [3.63, 3.8) is 0 Å². The van der Waals surface area contributed by atoms with Crippen LogP contribution in [0.1, 0.15) is 0 Å². The molecule has 0 heterocycles. The summed E-state index contributed by atoms with van der Waals surface area (Å²) in [4.78, 5) is 0. The van der Waals surface area contributed by atoms with Crippen molar-refractivity contribution < 1.29 is 0 Å². The molecule has 38 valence electrons. The molecular weight excluding hydrogens is 113 g/mol. The second kappa shape index (κ2) is 2.84. The Bertz CT molecular complexity index is 31.8. The molecule has 1 nitrogen and oxygen atoms in total. The van der Waals surface area contributed by atoms with Crippen molar-refractivity contribution in [3.05, 3.63) is 0 Å². The Morgan fingerprint density at radius 2 is 1.67 bits per heavy atom. The minimum absolute atomic E-state index is 0.132. The molecule has 0 saturated carbocycles. The molecule has 0 aliphatic heterocycles. The first-order chi connectivity index (χ1) is 2.64. The van der Waals surface area contributed by atoms with Crippen molar-refractivity contribution >= 4 is 19.5 Å². The number of nitrogens with zero attached hydrogens (tertiary/aromatic N) is 1. The van der Waals surface area contributed by atoms with E-state index in [1.165, 1.54) is 0 Å². The second-order valence-electron chi connectivity index (χ2n) is 1.34. The van der Waals surface area contributed by atoms with Gasteiger partial charge in [0.25, 0.3) is 0 Å². The third-order valence-electron chi connectivity index (χ3n) is 0.579. The molecule has 0 rings (SSSR count). The Labute approximate surface area is 45.7 Å². The van der Waals surface area contributed by atoms with Crippen molar-refractivity contribution in [2.45, 2.75) is 0 Å². The summed E-state index contributed by atoms with van der Waals surface area (Å²) < 4.78 is 2.10. The number of hydrogen-bond acceptors (Lipinski definition) is 2. The molecule has 0 N–H and O–H groups in total. The topological polar surface area (TPSA) is 3.24 Å². The van der Waals surface area contributed by atoms with Crippen molar-refractivity contribution in [2.75, 3.05) is 20.8 Å². The molecule has 0 aromatic carbocycles. The highest BCUT2D eigenvalue weighted by atomic mass is 32.7. The molecule has 0 amide bonds. The molecule has 6 heavy (non-hydrogen) atoms. The lowest BCUT2D eigenvalue weighted by Gasteiger charge is -2.11. The average molecular weight is 123 g/mol. The summed E-state index contributed by atoms with van der Waals surface area (Å²) in [6.07, 6.45) is 0. The maximum absolute atomic E-state index is 4.18. The lowest BCUT2D eigenvalue weighted by molar-refractivity contribution is 0.691. The first-order valence-electron chi connectivity index (χ1n) is 1.74.